The summed E-state index contributed by atoms with van der Waals surface area (Å²) in [7, 11) is 4.22. The van der Waals surface area contributed by atoms with Gasteiger partial charge in [-0.05, 0) is 44.6 Å². The minimum Gasteiger partial charge on any atom is -0.322 e. The smallest absolute Gasteiger partial charge is 0.125 e. The molecule has 2 aromatic rings. The van der Waals surface area contributed by atoms with Crippen molar-refractivity contribution in [1.82, 2.24) is 14.5 Å². The lowest BCUT2D eigenvalue weighted by Gasteiger charge is -2.28. The van der Waals surface area contributed by atoms with Gasteiger partial charge < -0.3 is 9.47 Å². The molecule has 0 bridgehead atoms. The quantitative estimate of drug-likeness (QED) is 0.781. The van der Waals surface area contributed by atoms with Gasteiger partial charge in [0.15, 0.2) is 0 Å². The standard InChI is InChI=1S/C16H24ClN3/c1-11(2)15(10-19(4)5)20-14-7-6-12(3)8-13(14)18-16(20)9-17/h6-8,11,15H,9-10H2,1-5H3. The van der Waals surface area contributed by atoms with Crippen LogP contribution in [0.2, 0.25) is 0 Å². The fourth-order valence-corrected chi connectivity index (χ4v) is 2.88. The maximum atomic E-state index is 6.13. The third kappa shape index (κ3) is 2.99. The third-order valence-electron chi connectivity index (χ3n) is 3.69. The topological polar surface area (TPSA) is 21.1 Å². The van der Waals surface area contributed by atoms with Gasteiger partial charge >= 0.3 is 0 Å². The molecule has 20 heavy (non-hydrogen) atoms. The molecule has 0 aliphatic rings. The summed E-state index contributed by atoms with van der Waals surface area (Å²) in [6, 6.07) is 6.82. The number of benzene rings is 1. The average Bonchev–Trinajstić information content (AvgIpc) is 2.72. The first-order chi connectivity index (χ1) is 9.43. The van der Waals surface area contributed by atoms with Crippen LogP contribution in [0.3, 0.4) is 0 Å². The highest BCUT2D eigenvalue weighted by Gasteiger charge is 2.22. The number of rotatable bonds is 5. The Labute approximate surface area is 126 Å². The molecule has 0 N–H and O–H groups in total. The predicted octanol–water partition coefficient (Wildman–Crippen LogP) is 3.84. The Hall–Kier alpha value is -1.06. The molecule has 1 aromatic heterocycles. The number of halogens is 1. The minimum atomic E-state index is 0.381. The number of likely N-dealkylation sites (N-methyl/N-ethyl adjacent to an activating group) is 1. The Morgan fingerprint density at radius 2 is 2.00 bits per heavy atom. The predicted molar refractivity (Wildman–Crippen MR) is 86.5 cm³/mol. The van der Waals surface area contributed by atoms with Crippen LogP contribution in [0.5, 0.6) is 0 Å². The van der Waals surface area contributed by atoms with Crippen LogP contribution in [-0.4, -0.2) is 35.1 Å². The molecule has 0 saturated carbocycles. The monoisotopic (exact) mass is 293 g/mol. The summed E-state index contributed by atoms with van der Waals surface area (Å²) in [5, 5.41) is 0. The maximum Gasteiger partial charge on any atom is 0.125 e. The Morgan fingerprint density at radius 1 is 1.30 bits per heavy atom. The van der Waals surface area contributed by atoms with Gasteiger partial charge in [-0.2, -0.15) is 0 Å². The number of fused-ring (bicyclic) bond motifs is 1. The summed E-state index contributed by atoms with van der Waals surface area (Å²) in [5.74, 6) is 1.94. The fraction of sp³-hybridized carbons (Fsp3) is 0.562. The van der Waals surface area contributed by atoms with E-state index in [0.717, 1.165) is 17.9 Å². The molecule has 3 nitrogen and oxygen atoms in total. The lowest BCUT2D eigenvalue weighted by molar-refractivity contribution is 0.270. The highest BCUT2D eigenvalue weighted by Crippen LogP contribution is 2.28. The normalized spacial score (nSPS) is 13.6. The molecule has 0 radical (unpaired) electrons. The van der Waals surface area contributed by atoms with Crippen molar-refractivity contribution >= 4 is 22.6 Å². The van der Waals surface area contributed by atoms with Crippen LogP contribution >= 0.6 is 11.6 Å². The van der Waals surface area contributed by atoms with Crippen molar-refractivity contribution in [2.45, 2.75) is 32.7 Å². The summed E-state index contributed by atoms with van der Waals surface area (Å²) in [5.41, 5.74) is 3.47. The zero-order valence-electron chi connectivity index (χ0n) is 13.0. The van der Waals surface area contributed by atoms with Crippen molar-refractivity contribution in [3.8, 4) is 0 Å². The van der Waals surface area contributed by atoms with Crippen molar-refractivity contribution in [3.63, 3.8) is 0 Å². The van der Waals surface area contributed by atoms with E-state index in [-0.39, 0.29) is 0 Å². The SMILES string of the molecule is Cc1ccc2c(c1)nc(CCl)n2C(CN(C)C)C(C)C. The van der Waals surface area contributed by atoms with E-state index in [0.29, 0.717) is 17.8 Å². The van der Waals surface area contributed by atoms with Crippen LogP contribution in [0.25, 0.3) is 11.0 Å². The third-order valence-corrected chi connectivity index (χ3v) is 3.93. The molecule has 0 saturated heterocycles. The molecule has 1 unspecified atom stereocenters. The highest BCUT2D eigenvalue weighted by molar-refractivity contribution is 6.16. The van der Waals surface area contributed by atoms with Crippen LogP contribution in [0.15, 0.2) is 18.2 Å². The zero-order valence-corrected chi connectivity index (χ0v) is 13.8. The molecule has 4 heteroatoms. The first-order valence-electron chi connectivity index (χ1n) is 7.12. The minimum absolute atomic E-state index is 0.381. The molecule has 0 aliphatic carbocycles. The lowest BCUT2D eigenvalue weighted by Crippen LogP contribution is -2.29. The van der Waals surface area contributed by atoms with Gasteiger partial charge in [-0.25, -0.2) is 4.98 Å². The molecule has 110 valence electrons. The van der Waals surface area contributed by atoms with Gasteiger partial charge in [-0.3, -0.25) is 0 Å². The van der Waals surface area contributed by atoms with E-state index in [2.05, 4.69) is 62.5 Å². The van der Waals surface area contributed by atoms with E-state index in [1.807, 2.05) is 0 Å². The van der Waals surface area contributed by atoms with Crippen LogP contribution in [-0.2, 0) is 5.88 Å². The van der Waals surface area contributed by atoms with Crippen LogP contribution in [0, 0.1) is 12.8 Å². The van der Waals surface area contributed by atoms with Gasteiger partial charge in [0.05, 0.1) is 23.0 Å². The average molecular weight is 294 g/mol. The van der Waals surface area contributed by atoms with Crippen molar-refractivity contribution in [2.75, 3.05) is 20.6 Å². The largest absolute Gasteiger partial charge is 0.322 e. The number of nitrogens with zero attached hydrogens (tertiary/aromatic N) is 3. The second-order valence-corrected chi connectivity index (χ2v) is 6.36. The van der Waals surface area contributed by atoms with Crippen molar-refractivity contribution < 1.29 is 0 Å². The molecule has 1 atom stereocenters. The van der Waals surface area contributed by atoms with Crippen LogP contribution < -0.4 is 0 Å². The number of hydrogen-bond donors (Lipinski definition) is 0. The molecule has 1 aromatic carbocycles. The fourth-order valence-electron chi connectivity index (χ4n) is 2.69. The first kappa shape index (κ1) is 15.3. The number of hydrogen-bond acceptors (Lipinski definition) is 2. The molecule has 0 amide bonds. The molecule has 0 fully saturated rings. The van der Waals surface area contributed by atoms with Crippen molar-refractivity contribution in [2.24, 2.45) is 5.92 Å². The van der Waals surface area contributed by atoms with Gasteiger partial charge in [-0.15, -0.1) is 11.6 Å². The van der Waals surface area contributed by atoms with E-state index < -0.39 is 0 Å². The second-order valence-electron chi connectivity index (χ2n) is 6.10. The van der Waals surface area contributed by atoms with Crippen molar-refractivity contribution in [3.05, 3.63) is 29.6 Å². The summed E-state index contributed by atoms with van der Waals surface area (Å²) in [4.78, 5) is 6.94. The maximum absolute atomic E-state index is 6.13. The van der Waals surface area contributed by atoms with Crippen molar-refractivity contribution in [1.29, 1.82) is 0 Å². The van der Waals surface area contributed by atoms with Gasteiger partial charge in [0.2, 0.25) is 0 Å². The Balaban J connectivity index is 2.60. The van der Waals surface area contributed by atoms with Gasteiger partial charge in [0, 0.05) is 6.54 Å². The summed E-state index contributed by atoms with van der Waals surface area (Å²) < 4.78 is 2.33. The molecule has 2 rings (SSSR count). The molecular formula is C16H24ClN3. The number of imidazole rings is 1. The first-order valence-corrected chi connectivity index (χ1v) is 7.65. The van der Waals surface area contributed by atoms with E-state index in [1.54, 1.807) is 0 Å². The Bertz CT molecular complexity index is 587. The second kappa shape index (κ2) is 6.15. The van der Waals surface area contributed by atoms with E-state index in [4.69, 9.17) is 16.6 Å². The van der Waals surface area contributed by atoms with Crippen LogP contribution in [0.1, 0.15) is 31.3 Å². The Kier molecular flexibility index (Phi) is 4.71. The molecule has 0 spiro atoms. The number of alkyl halides is 1. The highest BCUT2D eigenvalue weighted by atomic mass is 35.5. The van der Waals surface area contributed by atoms with Gasteiger partial charge in [-0.1, -0.05) is 19.9 Å². The van der Waals surface area contributed by atoms with Gasteiger partial charge in [0.25, 0.3) is 0 Å². The summed E-state index contributed by atoms with van der Waals surface area (Å²) in [6.45, 7) is 7.60. The molecule has 0 aliphatic heterocycles. The van der Waals surface area contributed by atoms with E-state index in [9.17, 15) is 0 Å². The summed E-state index contributed by atoms with van der Waals surface area (Å²) >= 11 is 6.13. The molecule has 1 heterocycles. The van der Waals surface area contributed by atoms with Crippen LogP contribution in [0.4, 0.5) is 0 Å². The van der Waals surface area contributed by atoms with E-state index in [1.165, 1.54) is 11.1 Å². The Morgan fingerprint density at radius 3 is 2.55 bits per heavy atom. The van der Waals surface area contributed by atoms with E-state index >= 15 is 0 Å². The van der Waals surface area contributed by atoms with Gasteiger partial charge in [0.1, 0.15) is 5.82 Å². The number of aryl methyl sites for hydroxylation is 1. The number of aromatic nitrogens is 2. The lowest BCUT2D eigenvalue weighted by atomic mass is 10.0. The molecular weight excluding hydrogens is 270 g/mol. The summed E-state index contributed by atoms with van der Waals surface area (Å²) in [6.07, 6.45) is 0. The zero-order chi connectivity index (χ0) is 14.9.